The molecule has 0 spiro atoms. The molecular weight excluding hydrogens is 348 g/mol. The lowest BCUT2D eigenvalue weighted by Crippen LogP contribution is -2.15. The number of esters is 1. The Morgan fingerprint density at radius 3 is 2.59 bits per heavy atom. The van der Waals surface area contributed by atoms with Gasteiger partial charge in [0.15, 0.2) is 13.2 Å². The summed E-state index contributed by atoms with van der Waals surface area (Å²) in [5, 5.41) is 3.89. The maximum Gasteiger partial charge on any atom is 0.344 e. The predicted molar refractivity (Wildman–Crippen MR) is 97.5 cm³/mol. The number of aromatic nitrogens is 2. The van der Waals surface area contributed by atoms with E-state index >= 15 is 0 Å². The Morgan fingerprint density at radius 1 is 1.07 bits per heavy atom. The first kappa shape index (κ1) is 18.4. The van der Waals surface area contributed by atoms with Crippen LogP contribution in [0.5, 0.6) is 11.5 Å². The summed E-state index contributed by atoms with van der Waals surface area (Å²) in [6.07, 6.45) is 0. The molecule has 0 N–H and O–H groups in total. The number of methoxy groups -OCH3 is 1. The van der Waals surface area contributed by atoms with Crippen LogP contribution in [0.4, 0.5) is 0 Å². The minimum absolute atomic E-state index is 0.119. The van der Waals surface area contributed by atoms with Crippen molar-refractivity contribution in [2.45, 2.75) is 20.5 Å². The molecule has 0 fully saturated rings. The molecule has 0 aliphatic heterocycles. The molecule has 1 aromatic heterocycles. The summed E-state index contributed by atoms with van der Waals surface area (Å²) < 4.78 is 20.9. The molecule has 3 rings (SSSR count). The van der Waals surface area contributed by atoms with E-state index in [2.05, 4.69) is 10.1 Å². The van der Waals surface area contributed by atoms with Crippen molar-refractivity contribution in [1.29, 1.82) is 0 Å². The molecule has 0 aliphatic rings. The van der Waals surface area contributed by atoms with E-state index in [4.69, 9.17) is 18.7 Å². The van der Waals surface area contributed by atoms with E-state index in [1.54, 1.807) is 13.2 Å². The van der Waals surface area contributed by atoms with Crippen molar-refractivity contribution in [2.75, 3.05) is 13.7 Å². The Morgan fingerprint density at radius 2 is 1.85 bits per heavy atom. The zero-order valence-electron chi connectivity index (χ0n) is 15.4. The largest absolute Gasteiger partial charge is 0.497 e. The van der Waals surface area contributed by atoms with Crippen LogP contribution in [0.2, 0.25) is 0 Å². The first-order valence-electron chi connectivity index (χ1n) is 8.37. The molecule has 0 radical (unpaired) electrons. The van der Waals surface area contributed by atoms with Gasteiger partial charge in [-0.25, -0.2) is 4.79 Å². The molecule has 3 aromatic rings. The highest BCUT2D eigenvalue weighted by Crippen LogP contribution is 2.21. The minimum atomic E-state index is -0.518. The van der Waals surface area contributed by atoms with Crippen molar-refractivity contribution in [2.24, 2.45) is 0 Å². The quantitative estimate of drug-likeness (QED) is 0.590. The summed E-state index contributed by atoms with van der Waals surface area (Å²) in [6.45, 7) is 3.62. The van der Waals surface area contributed by atoms with Crippen molar-refractivity contribution < 1.29 is 23.5 Å². The van der Waals surface area contributed by atoms with E-state index in [1.807, 2.05) is 50.2 Å². The second-order valence-electron chi connectivity index (χ2n) is 6.02. The summed E-state index contributed by atoms with van der Waals surface area (Å²) in [5.41, 5.74) is 2.87. The number of carbonyl (C=O) groups is 1. The highest BCUT2D eigenvalue weighted by Gasteiger charge is 2.12. The standard InChI is InChI=1S/C20H20N2O5/c1-13-7-14(2)9-17(8-13)25-12-19(23)26-11-18-21-20(22-27-18)15-5-4-6-16(10-15)24-3/h4-10H,11-12H2,1-3H3. The smallest absolute Gasteiger partial charge is 0.344 e. The van der Waals surface area contributed by atoms with E-state index in [0.29, 0.717) is 17.3 Å². The molecule has 1 heterocycles. The van der Waals surface area contributed by atoms with Crippen LogP contribution >= 0.6 is 0 Å². The third-order valence-corrected chi connectivity index (χ3v) is 3.70. The van der Waals surface area contributed by atoms with Crippen molar-refractivity contribution in [1.82, 2.24) is 10.1 Å². The van der Waals surface area contributed by atoms with Crippen LogP contribution in [0, 0.1) is 13.8 Å². The van der Waals surface area contributed by atoms with Gasteiger partial charge in [0.25, 0.3) is 5.89 Å². The molecular formula is C20H20N2O5. The van der Waals surface area contributed by atoms with Gasteiger partial charge in [0.1, 0.15) is 11.5 Å². The topological polar surface area (TPSA) is 83.7 Å². The number of carbonyl (C=O) groups excluding carboxylic acids is 1. The second kappa shape index (κ2) is 8.35. The summed E-state index contributed by atoms with van der Waals surface area (Å²) >= 11 is 0. The molecule has 0 bridgehead atoms. The lowest BCUT2D eigenvalue weighted by molar-refractivity contribution is -0.148. The summed E-state index contributed by atoms with van der Waals surface area (Å²) in [4.78, 5) is 16.1. The van der Waals surface area contributed by atoms with Gasteiger partial charge in [0, 0.05) is 5.56 Å². The van der Waals surface area contributed by atoms with Gasteiger partial charge in [-0.1, -0.05) is 23.4 Å². The molecule has 2 aromatic carbocycles. The molecule has 0 saturated carbocycles. The fraction of sp³-hybridized carbons (Fsp3) is 0.250. The van der Waals surface area contributed by atoms with Crippen molar-refractivity contribution in [3.05, 3.63) is 59.5 Å². The van der Waals surface area contributed by atoms with Crippen LogP contribution in [-0.2, 0) is 16.1 Å². The van der Waals surface area contributed by atoms with E-state index in [-0.39, 0.29) is 19.1 Å². The zero-order valence-corrected chi connectivity index (χ0v) is 15.4. The van der Waals surface area contributed by atoms with E-state index < -0.39 is 5.97 Å². The first-order valence-corrected chi connectivity index (χ1v) is 8.37. The van der Waals surface area contributed by atoms with Gasteiger partial charge in [-0.05, 0) is 49.2 Å². The van der Waals surface area contributed by atoms with Crippen LogP contribution in [0.15, 0.2) is 47.0 Å². The number of nitrogens with zero attached hydrogens (tertiary/aromatic N) is 2. The van der Waals surface area contributed by atoms with Gasteiger partial charge in [-0.15, -0.1) is 0 Å². The summed E-state index contributed by atoms with van der Waals surface area (Å²) in [6, 6.07) is 13.0. The number of hydrogen-bond donors (Lipinski definition) is 0. The Labute approximate surface area is 156 Å². The fourth-order valence-electron chi connectivity index (χ4n) is 2.54. The molecule has 0 amide bonds. The molecule has 0 aliphatic carbocycles. The Hall–Kier alpha value is -3.35. The third kappa shape index (κ3) is 5.07. The van der Waals surface area contributed by atoms with Gasteiger partial charge >= 0.3 is 5.97 Å². The maximum atomic E-state index is 11.9. The Balaban J connectivity index is 1.52. The molecule has 7 nitrogen and oxygen atoms in total. The molecule has 0 atom stereocenters. The van der Waals surface area contributed by atoms with Crippen LogP contribution < -0.4 is 9.47 Å². The van der Waals surface area contributed by atoms with E-state index in [1.165, 1.54) is 0 Å². The molecule has 140 valence electrons. The van der Waals surface area contributed by atoms with Gasteiger partial charge in [-0.2, -0.15) is 4.98 Å². The molecule has 27 heavy (non-hydrogen) atoms. The normalized spacial score (nSPS) is 10.5. The monoisotopic (exact) mass is 368 g/mol. The Bertz CT molecular complexity index is 915. The van der Waals surface area contributed by atoms with Gasteiger partial charge < -0.3 is 18.7 Å². The van der Waals surface area contributed by atoms with Crippen LogP contribution in [-0.4, -0.2) is 29.8 Å². The summed E-state index contributed by atoms with van der Waals surface area (Å²) in [5.74, 6) is 1.39. The number of rotatable bonds is 7. The fourth-order valence-corrected chi connectivity index (χ4v) is 2.54. The Kier molecular flexibility index (Phi) is 5.71. The van der Waals surface area contributed by atoms with Gasteiger partial charge in [-0.3, -0.25) is 0 Å². The highest BCUT2D eigenvalue weighted by atomic mass is 16.6. The molecule has 7 heteroatoms. The second-order valence-corrected chi connectivity index (χ2v) is 6.02. The first-order chi connectivity index (χ1) is 13.0. The maximum absolute atomic E-state index is 11.9. The zero-order chi connectivity index (χ0) is 19.2. The van der Waals surface area contributed by atoms with Crippen molar-refractivity contribution >= 4 is 5.97 Å². The van der Waals surface area contributed by atoms with Crippen LogP contribution in [0.3, 0.4) is 0 Å². The van der Waals surface area contributed by atoms with E-state index in [0.717, 1.165) is 16.7 Å². The number of hydrogen-bond acceptors (Lipinski definition) is 7. The lowest BCUT2D eigenvalue weighted by atomic mass is 10.1. The van der Waals surface area contributed by atoms with Crippen molar-refractivity contribution in [3.8, 4) is 22.9 Å². The van der Waals surface area contributed by atoms with Gasteiger partial charge in [0.05, 0.1) is 7.11 Å². The SMILES string of the molecule is COc1cccc(-c2noc(COC(=O)COc3cc(C)cc(C)c3)n2)c1. The van der Waals surface area contributed by atoms with Crippen LogP contribution in [0.25, 0.3) is 11.4 Å². The third-order valence-electron chi connectivity index (χ3n) is 3.70. The predicted octanol–water partition coefficient (Wildman–Crippen LogP) is 3.48. The van der Waals surface area contributed by atoms with Crippen molar-refractivity contribution in [3.63, 3.8) is 0 Å². The van der Waals surface area contributed by atoms with Crippen LogP contribution in [0.1, 0.15) is 17.0 Å². The number of benzene rings is 2. The highest BCUT2D eigenvalue weighted by molar-refractivity contribution is 5.71. The number of ether oxygens (including phenoxy) is 3. The van der Waals surface area contributed by atoms with Gasteiger partial charge in [0.2, 0.25) is 5.82 Å². The molecule has 0 unspecified atom stereocenters. The lowest BCUT2D eigenvalue weighted by Gasteiger charge is -2.07. The summed E-state index contributed by atoms with van der Waals surface area (Å²) in [7, 11) is 1.58. The number of aryl methyl sites for hydroxylation is 2. The molecule has 0 saturated heterocycles. The average molecular weight is 368 g/mol. The average Bonchev–Trinajstić information content (AvgIpc) is 3.13. The van der Waals surface area contributed by atoms with E-state index in [9.17, 15) is 4.79 Å². The minimum Gasteiger partial charge on any atom is -0.497 e.